The van der Waals surface area contributed by atoms with Crippen LogP contribution in [0.3, 0.4) is 0 Å². The van der Waals surface area contributed by atoms with Gasteiger partial charge in [0.2, 0.25) is 10.0 Å². The molecule has 0 aliphatic carbocycles. The Hall–Kier alpha value is -1.11. The summed E-state index contributed by atoms with van der Waals surface area (Å²) in [7, 11) is -3.37. The molecule has 0 amide bonds. The second-order valence-corrected chi connectivity index (χ2v) is 6.20. The largest absolute Gasteiger partial charge is 0.493 e. The molecule has 0 fully saturated rings. The van der Waals surface area contributed by atoms with E-state index in [1.807, 2.05) is 26.0 Å². The van der Waals surface area contributed by atoms with Crippen molar-refractivity contribution in [2.75, 3.05) is 25.4 Å². The lowest BCUT2D eigenvalue weighted by molar-refractivity contribution is 0.305. The molecule has 1 rings (SSSR count). The molecule has 0 atom stereocenters. The van der Waals surface area contributed by atoms with Gasteiger partial charge in [-0.25, -0.2) is 13.6 Å². The van der Waals surface area contributed by atoms with E-state index >= 15 is 0 Å². The Morgan fingerprint density at radius 1 is 1.26 bits per heavy atom. The van der Waals surface area contributed by atoms with Gasteiger partial charge >= 0.3 is 0 Å². The van der Waals surface area contributed by atoms with Crippen LogP contribution >= 0.6 is 0 Å². The van der Waals surface area contributed by atoms with Crippen molar-refractivity contribution in [3.05, 3.63) is 29.3 Å². The van der Waals surface area contributed by atoms with Crippen molar-refractivity contribution < 1.29 is 13.2 Å². The first-order chi connectivity index (χ1) is 8.90. The molecule has 19 heavy (non-hydrogen) atoms. The van der Waals surface area contributed by atoms with E-state index in [4.69, 9.17) is 9.88 Å². The van der Waals surface area contributed by atoms with Gasteiger partial charge in [-0.3, -0.25) is 0 Å². The fourth-order valence-corrected chi connectivity index (χ4v) is 2.10. The van der Waals surface area contributed by atoms with Crippen LogP contribution in [0.15, 0.2) is 12.1 Å². The van der Waals surface area contributed by atoms with E-state index in [-0.39, 0.29) is 5.75 Å². The first-order valence-corrected chi connectivity index (χ1v) is 7.93. The zero-order valence-electron chi connectivity index (χ0n) is 11.4. The molecule has 0 spiro atoms. The molecular weight excluding hydrogens is 264 g/mol. The van der Waals surface area contributed by atoms with E-state index in [0.29, 0.717) is 19.7 Å². The standard InChI is InChI=1S/C13H21N2O3S/c1-11-5-3-6-12(2)13(11)18-9-4-7-15-8-10-19(14,16)17/h5-6,15H,4,7-10H2,1-2H3,(H2,14,16,17). The Kier molecular flexibility index (Phi) is 6.27. The molecule has 0 aliphatic heterocycles. The number of nitrogens with two attached hydrogens (primary N) is 1. The second kappa shape index (κ2) is 7.47. The summed E-state index contributed by atoms with van der Waals surface area (Å²) in [5.41, 5.74) is 2.14. The average Bonchev–Trinajstić information content (AvgIpc) is 2.29. The van der Waals surface area contributed by atoms with Crippen molar-refractivity contribution in [3.8, 4) is 5.75 Å². The summed E-state index contributed by atoms with van der Waals surface area (Å²) in [5.74, 6) is 0.865. The van der Waals surface area contributed by atoms with Crippen LogP contribution in [0.1, 0.15) is 17.5 Å². The molecule has 3 N–H and O–H groups in total. The SMILES string of the molecule is Cc1c[c]cc(C)c1OCCCNCCS(N)(=O)=O. The molecule has 1 aromatic rings. The van der Waals surface area contributed by atoms with Gasteiger partial charge in [0.05, 0.1) is 12.4 Å². The summed E-state index contributed by atoms with van der Waals surface area (Å²) in [6.45, 7) is 5.64. The lowest BCUT2D eigenvalue weighted by Gasteiger charge is -2.11. The third kappa shape index (κ3) is 6.56. The molecule has 1 radical (unpaired) electrons. The number of aryl methyl sites for hydroxylation is 2. The molecular formula is C13H21N2O3S. The number of hydrogen-bond donors (Lipinski definition) is 2. The van der Waals surface area contributed by atoms with Crippen LogP contribution in [0.4, 0.5) is 0 Å². The zero-order chi connectivity index (χ0) is 14.3. The van der Waals surface area contributed by atoms with E-state index in [0.717, 1.165) is 23.3 Å². The van der Waals surface area contributed by atoms with Crippen LogP contribution in [-0.2, 0) is 10.0 Å². The molecule has 0 aliphatic rings. The molecule has 0 unspecified atom stereocenters. The van der Waals surface area contributed by atoms with Crippen LogP contribution in [0, 0.1) is 19.9 Å². The average molecular weight is 285 g/mol. The number of primary sulfonamides is 1. The number of hydrogen-bond acceptors (Lipinski definition) is 4. The second-order valence-electron chi connectivity index (χ2n) is 4.47. The molecule has 0 heterocycles. The molecule has 0 saturated heterocycles. The van der Waals surface area contributed by atoms with E-state index in [1.54, 1.807) is 0 Å². The maximum Gasteiger partial charge on any atom is 0.210 e. The fraction of sp³-hybridized carbons (Fsp3) is 0.538. The summed E-state index contributed by atoms with van der Waals surface area (Å²) < 4.78 is 27.1. The highest BCUT2D eigenvalue weighted by Gasteiger charge is 2.03. The topological polar surface area (TPSA) is 81.4 Å². The van der Waals surface area contributed by atoms with Gasteiger partial charge in [-0.05, 0) is 56.1 Å². The lowest BCUT2D eigenvalue weighted by atomic mass is 10.1. The maximum absolute atomic E-state index is 10.7. The van der Waals surface area contributed by atoms with Crippen LogP contribution in [0.2, 0.25) is 0 Å². The predicted molar refractivity (Wildman–Crippen MR) is 75.7 cm³/mol. The molecule has 0 saturated carbocycles. The van der Waals surface area contributed by atoms with Crippen LogP contribution < -0.4 is 15.2 Å². The smallest absolute Gasteiger partial charge is 0.210 e. The molecule has 1 aromatic carbocycles. The first kappa shape index (κ1) is 15.9. The minimum absolute atomic E-state index is 0.0411. The number of nitrogens with one attached hydrogen (secondary N) is 1. The number of rotatable bonds is 8. The fourth-order valence-electron chi connectivity index (χ4n) is 1.67. The maximum atomic E-state index is 10.7. The number of benzene rings is 1. The van der Waals surface area contributed by atoms with Crippen LogP contribution in [-0.4, -0.2) is 33.9 Å². The molecule has 0 aromatic heterocycles. The van der Waals surface area contributed by atoms with Gasteiger partial charge in [-0.15, -0.1) is 0 Å². The number of ether oxygens (including phenoxy) is 1. The normalized spacial score (nSPS) is 11.5. The Labute approximate surface area is 115 Å². The van der Waals surface area contributed by atoms with E-state index in [1.165, 1.54) is 0 Å². The third-order valence-corrected chi connectivity index (χ3v) is 3.40. The van der Waals surface area contributed by atoms with Crippen molar-refractivity contribution in [2.45, 2.75) is 20.3 Å². The Bertz CT molecular complexity index is 480. The molecule has 107 valence electrons. The highest BCUT2D eigenvalue weighted by molar-refractivity contribution is 7.89. The van der Waals surface area contributed by atoms with Crippen molar-refractivity contribution >= 4 is 10.0 Å². The summed E-state index contributed by atoms with van der Waals surface area (Å²) in [6, 6.07) is 6.83. The van der Waals surface area contributed by atoms with Crippen molar-refractivity contribution in [2.24, 2.45) is 5.14 Å². The Morgan fingerprint density at radius 2 is 1.89 bits per heavy atom. The molecule has 0 bridgehead atoms. The van der Waals surface area contributed by atoms with E-state index in [9.17, 15) is 8.42 Å². The zero-order valence-corrected chi connectivity index (χ0v) is 12.2. The number of sulfonamides is 1. The molecule has 5 nitrogen and oxygen atoms in total. The highest BCUT2D eigenvalue weighted by Crippen LogP contribution is 2.21. The minimum atomic E-state index is -3.37. The summed E-state index contributed by atoms with van der Waals surface area (Å²) >= 11 is 0. The van der Waals surface area contributed by atoms with Gasteiger partial charge in [-0.2, -0.15) is 0 Å². The van der Waals surface area contributed by atoms with Gasteiger partial charge in [-0.1, -0.05) is 0 Å². The van der Waals surface area contributed by atoms with Crippen molar-refractivity contribution in [1.29, 1.82) is 0 Å². The monoisotopic (exact) mass is 285 g/mol. The van der Waals surface area contributed by atoms with Gasteiger partial charge in [0.25, 0.3) is 0 Å². The minimum Gasteiger partial charge on any atom is -0.493 e. The first-order valence-electron chi connectivity index (χ1n) is 6.21. The third-order valence-electron chi connectivity index (χ3n) is 2.62. The quantitative estimate of drug-likeness (QED) is 0.691. The molecule has 6 heteroatoms. The summed E-state index contributed by atoms with van der Waals surface area (Å²) in [6.07, 6.45) is 0.808. The van der Waals surface area contributed by atoms with Crippen molar-refractivity contribution in [3.63, 3.8) is 0 Å². The van der Waals surface area contributed by atoms with Gasteiger partial charge in [0.1, 0.15) is 5.75 Å². The van der Waals surface area contributed by atoms with Gasteiger partial charge in [0, 0.05) is 6.54 Å². The van der Waals surface area contributed by atoms with Crippen LogP contribution in [0.5, 0.6) is 5.75 Å². The predicted octanol–water partition coefficient (Wildman–Crippen LogP) is 0.751. The highest BCUT2D eigenvalue weighted by atomic mass is 32.2. The summed E-state index contributed by atoms with van der Waals surface area (Å²) in [4.78, 5) is 0. The van der Waals surface area contributed by atoms with Gasteiger partial charge in [0.15, 0.2) is 0 Å². The Morgan fingerprint density at radius 3 is 2.47 bits per heavy atom. The van der Waals surface area contributed by atoms with E-state index in [2.05, 4.69) is 11.4 Å². The van der Waals surface area contributed by atoms with Crippen LogP contribution in [0.25, 0.3) is 0 Å². The van der Waals surface area contributed by atoms with Gasteiger partial charge < -0.3 is 10.1 Å². The van der Waals surface area contributed by atoms with Crippen molar-refractivity contribution in [1.82, 2.24) is 5.32 Å². The lowest BCUT2D eigenvalue weighted by Crippen LogP contribution is -2.28. The Balaban J connectivity index is 2.18. The summed E-state index contributed by atoms with van der Waals surface area (Å²) in [5, 5.41) is 7.90. The van der Waals surface area contributed by atoms with E-state index < -0.39 is 10.0 Å².